The molecule has 0 radical (unpaired) electrons. The molecule has 4 nitrogen and oxygen atoms in total. The van der Waals surface area contributed by atoms with E-state index in [1.807, 2.05) is 47.4 Å². The third-order valence-electron chi connectivity index (χ3n) is 5.19. The van der Waals surface area contributed by atoms with E-state index in [2.05, 4.69) is 31.3 Å². The Morgan fingerprint density at radius 1 is 1.00 bits per heavy atom. The predicted octanol–water partition coefficient (Wildman–Crippen LogP) is 4.11. The number of carbonyl (C=O) groups is 2. The minimum absolute atomic E-state index is 0.0965. The van der Waals surface area contributed by atoms with Crippen molar-refractivity contribution in [2.45, 2.75) is 37.0 Å². The first-order valence-electron chi connectivity index (χ1n) is 9.81. The molecule has 0 saturated carbocycles. The van der Waals surface area contributed by atoms with Crippen LogP contribution in [0.15, 0.2) is 59.5 Å². The summed E-state index contributed by atoms with van der Waals surface area (Å²) in [5, 5.41) is 3.07. The van der Waals surface area contributed by atoms with Gasteiger partial charge in [-0.3, -0.25) is 9.59 Å². The number of carbonyl (C=O) groups excluding carboxylic acids is 2. The van der Waals surface area contributed by atoms with Gasteiger partial charge in [-0.2, -0.15) is 0 Å². The number of nitrogens with zero attached hydrogens (tertiary/aromatic N) is 1. The van der Waals surface area contributed by atoms with Crippen LogP contribution in [0.4, 0.5) is 0 Å². The van der Waals surface area contributed by atoms with Gasteiger partial charge in [0.15, 0.2) is 0 Å². The zero-order valence-corrected chi connectivity index (χ0v) is 17.4. The molecule has 3 rings (SSSR count). The van der Waals surface area contributed by atoms with Gasteiger partial charge in [0.1, 0.15) is 0 Å². The van der Waals surface area contributed by atoms with E-state index in [4.69, 9.17) is 0 Å². The third-order valence-corrected chi connectivity index (χ3v) is 6.25. The lowest BCUT2D eigenvalue weighted by Crippen LogP contribution is -2.36. The van der Waals surface area contributed by atoms with Gasteiger partial charge in [-0.05, 0) is 30.5 Å². The van der Waals surface area contributed by atoms with Crippen LogP contribution in [0.25, 0.3) is 0 Å². The number of likely N-dealkylation sites (tertiary alicyclic amines) is 1. The molecule has 0 bridgehead atoms. The SMILES string of the molecule is CC(C)(CNC(=O)c1ccccc1SCC(=O)N1CCCC1)c1ccccc1. The van der Waals surface area contributed by atoms with Crippen LogP contribution >= 0.6 is 11.8 Å². The molecule has 2 amide bonds. The monoisotopic (exact) mass is 396 g/mol. The van der Waals surface area contributed by atoms with Gasteiger partial charge in [-0.15, -0.1) is 11.8 Å². The van der Waals surface area contributed by atoms with Crippen LogP contribution in [0.3, 0.4) is 0 Å². The van der Waals surface area contributed by atoms with Crippen molar-refractivity contribution in [3.05, 3.63) is 65.7 Å². The van der Waals surface area contributed by atoms with Crippen LogP contribution in [0, 0.1) is 0 Å². The molecule has 2 aromatic carbocycles. The highest BCUT2D eigenvalue weighted by atomic mass is 32.2. The number of thioether (sulfide) groups is 1. The highest BCUT2D eigenvalue weighted by Crippen LogP contribution is 2.25. The van der Waals surface area contributed by atoms with E-state index < -0.39 is 0 Å². The standard InChI is InChI=1S/C23H28N2O2S/c1-23(2,18-10-4-3-5-11-18)17-24-22(27)19-12-6-7-13-20(19)28-16-21(26)25-14-8-9-15-25/h3-7,10-13H,8-9,14-17H2,1-2H3,(H,24,27). The molecule has 1 fully saturated rings. The molecule has 5 heteroatoms. The average molecular weight is 397 g/mol. The molecule has 0 spiro atoms. The predicted molar refractivity (Wildman–Crippen MR) is 115 cm³/mol. The van der Waals surface area contributed by atoms with Gasteiger partial charge in [0.25, 0.3) is 5.91 Å². The van der Waals surface area contributed by atoms with Crippen LogP contribution in [0.1, 0.15) is 42.6 Å². The molecule has 0 unspecified atom stereocenters. The van der Waals surface area contributed by atoms with Crippen molar-refractivity contribution in [2.24, 2.45) is 0 Å². The summed E-state index contributed by atoms with van der Waals surface area (Å²) >= 11 is 1.45. The van der Waals surface area contributed by atoms with E-state index in [1.165, 1.54) is 17.3 Å². The van der Waals surface area contributed by atoms with Gasteiger partial charge < -0.3 is 10.2 Å². The summed E-state index contributed by atoms with van der Waals surface area (Å²) in [6.45, 7) is 6.50. The minimum Gasteiger partial charge on any atom is -0.351 e. The highest BCUT2D eigenvalue weighted by Gasteiger charge is 2.23. The lowest BCUT2D eigenvalue weighted by atomic mass is 9.84. The van der Waals surface area contributed by atoms with Crippen LogP contribution in [-0.2, 0) is 10.2 Å². The molecule has 148 valence electrons. The number of rotatable bonds is 7. The lowest BCUT2D eigenvalue weighted by molar-refractivity contribution is -0.127. The van der Waals surface area contributed by atoms with E-state index in [1.54, 1.807) is 0 Å². The van der Waals surface area contributed by atoms with Crippen molar-refractivity contribution in [1.29, 1.82) is 0 Å². The summed E-state index contributed by atoms with van der Waals surface area (Å²) in [6, 6.07) is 17.7. The Hall–Kier alpha value is -2.27. The molecule has 1 N–H and O–H groups in total. The van der Waals surface area contributed by atoms with Gasteiger partial charge in [0.2, 0.25) is 5.91 Å². The summed E-state index contributed by atoms with van der Waals surface area (Å²) in [6.07, 6.45) is 2.18. The smallest absolute Gasteiger partial charge is 0.252 e. The Morgan fingerprint density at radius 2 is 1.64 bits per heavy atom. The number of nitrogens with one attached hydrogen (secondary N) is 1. The molecular weight excluding hydrogens is 368 g/mol. The van der Waals surface area contributed by atoms with Crippen molar-refractivity contribution in [3.8, 4) is 0 Å². The fourth-order valence-corrected chi connectivity index (χ4v) is 4.32. The summed E-state index contributed by atoms with van der Waals surface area (Å²) in [5.41, 5.74) is 1.66. The van der Waals surface area contributed by atoms with Crippen molar-refractivity contribution >= 4 is 23.6 Å². The van der Waals surface area contributed by atoms with Crippen molar-refractivity contribution < 1.29 is 9.59 Å². The van der Waals surface area contributed by atoms with E-state index in [-0.39, 0.29) is 17.2 Å². The van der Waals surface area contributed by atoms with Crippen molar-refractivity contribution in [3.63, 3.8) is 0 Å². The average Bonchev–Trinajstić information content (AvgIpc) is 3.26. The van der Waals surface area contributed by atoms with Crippen molar-refractivity contribution in [2.75, 3.05) is 25.4 Å². The maximum Gasteiger partial charge on any atom is 0.252 e. The molecule has 0 aromatic heterocycles. The highest BCUT2D eigenvalue weighted by molar-refractivity contribution is 8.00. The molecule has 0 atom stereocenters. The molecule has 1 saturated heterocycles. The normalized spacial score (nSPS) is 14.1. The van der Waals surface area contributed by atoms with Gasteiger partial charge in [0, 0.05) is 29.9 Å². The summed E-state index contributed by atoms with van der Waals surface area (Å²) in [5.74, 6) is 0.434. The molecule has 1 aliphatic rings. The van der Waals surface area contributed by atoms with Crippen LogP contribution < -0.4 is 5.32 Å². The fraction of sp³-hybridized carbons (Fsp3) is 0.391. The summed E-state index contributed by atoms with van der Waals surface area (Å²) in [7, 11) is 0. The first-order valence-corrected chi connectivity index (χ1v) is 10.8. The van der Waals surface area contributed by atoms with Gasteiger partial charge in [0.05, 0.1) is 11.3 Å². The van der Waals surface area contributed by atoms with E-state index in [0.29, 0.717) is 17.9 Å². The van der Waals surface area contributed by atoms with Crippen LogP contribution in [0.5, 0.6) is 0 Å². The first kappa shape index (κ1) is 20.5. The largest absolute Gasteiger partial charge is 0.351 e. The Bertz CT molecular complexity index is 814. The molecule has 28 heavy (non-hydrogen) atoms. The van der Waals surface area contributed by atoms with Gasteiger partial charge in [-0.1, -0.05) is 56.3 Å². The second-order valence-electron chi connectivity index (χ2n) is 7.81. The molecule has 0 aliphatic carbocycles. The lowest BCUT2D eigenvalue weighted by Gasteiger charge is -2.26. The van der Waals surface area contributed by atoms with Crippen LogP contribution in [0.2, 0.25) is 0 Å². The molecular formula is C23H28N2O2S. The van der Waals surface area contributed by atoms with Crippen molar-refractivity contribution in [1.82, 2.24) is 10.2 Å². The zero-order chi connectivity index (χ0) is 20.0. The Balaban J connectivity index is 1.61. The Labute approximate surface area is 171 Å². The first-order chi connectivity index (χ1) is 13.5. The van der Waals surface area contributed by atoms with Gasteiger partial charge >= 0.3 is 0 Å². The van der Waals surface area contributed by atoms with Gasteiger partial charge in [-0.25, -0.2) is 0 Å². The molecule has 2 aromatic rings. The zero-order valence-electron chi connectivity index (χ0n) is 16.6. The maximum absolute atomic E-state index is 12.8. The topological polar surface area (TPSA) is 49.4 Å². The maximum atomic E-state index is 12.8. The van der Waals surface area contributed by atoms with E-state index in [9.17, 15) is 9.59 Å². The Kier molecular flexibility index (Phi) is 6.79. The fourth-order valence-electron chi connectivity index (χ4n) is 3.37. The Morgan fingerprint density at radius 3 is 2.36 bits per heavy atom. The molecule has 1 aliphatic heterocycles. The minimum atomic E-state index is -0.162. The second-order valence-corrected chi connectivity index (χ2v) is 8.82. The van der Waals surface area contributed by atoms with Crippen LogP contribution in [-0.4, -0.2) is 42.1 Å². The third kappa shape index (κ3) is 5.16. The summed E-state index contributed by atoms with van der Waals surface area (Å²) in [4.78, 5) is 27.9. The second kappa shape index (κ2) is 9.28. The number of hydrogen-bond donors (Lipinski definition) is 1. The number of benzene rings is 2. The number of hydrogen-bond acceptors (Lipinski definition) is 3. The molecule has 1 heterocycles. The van der Waals surface area contributed by atoms with E-state index >= 15 is 0 Å². The quantitative estimate of drug-likeness (QED) is 0.717. The summed E-state index contributed by atoms with van der Waals surface area (Å²) < 4.78 is 0. The number of amides is 2. The van der Waals surface area contributed by atoms with E-state index in [0.717, 1.165) is 30.8 Å².